The number of unbranched alkanes of at least 4 members (excludes halogenated alkanes) is 4. The highest BCUT2D eigenvalue weighted by Gasteiger charge is 1.99. The van der Waals surface area contributed by atoms with Crippen molar-refractivity contribution in [1.82, 2.24) is 0 Å². The molecule has 0 aliphatic rings. The minimum absolute atomic E-state index is 0.0583. The van der Waals surface area contributed by atoms with Crippen LogP contribution in [0, 0.1) is 0 Å². The van der Waals surface area contributed by atoms with E-state index in [0.717, 1.165) is 43.2 Å². The molecule has 2 aromatic rings. The van der Waals surface area contributed by atoms with E-state index in [1.807, 2.05) is 72.8 Å². The van der Waals surface area contributed by atoms with Crippen molar-refractivity contribution in [2.75, 3.05) is 0 Å². The zero-order chi connectivity index (χ0) is 17.7. The quantitative estimate of drug-likeness (QED) is 0.312. The minimum atomic E-state index is 0.0583. The van der Waals surface area contributed by atoms with Gasteiger partial charge in [0.1, 0.15) is 0 Å². The van der Waals surface area contributed by atoms with Crippen molar-refractivity contribution < 1.29 is 9.59 Å². The van der Waals surface area contributed by atoms with Crippen LogP contribution in [0.1, 0.15) is 52.8 Å². The molecule has 0 bridgehead atoms. The summed E-state index contributed by atoms with van der Waals surface area (Å²) in [6.07, 6.45) is 12.2. The smallest absolute Gasteiger partial charge is 0.185 e. The van der Waals surface area contributed by atoms with Crippen LogP contribution in [0.5, 0.6) is 0 Å². The molecule has 0 unspecified atom stereocenters. The molecule has 0 amide bonds. The van der Waals surface area contributed by atoms with E-state index in [0.29, 0.717) is 0 Å². The molecule has 0 fully saturated rings. The Kier molecular flexibility index (Phi) is 8.13. The van der Waals surface area contributed by atoms with Crippen LogP contribution in [-0.4, -0.2) is 11.6 Å². The zero-order valence-electron chi connectivity index (χ0n) is 14.4. The van der Waals surface area contributed by atoms with E-state index < -0.39 is 0 Å². The van der Waals surface area contributed by atoms with E-state index in [4.69, 9.17) is 0 Å². The van der Waals surface area contributed by atoms with E-state index in [1.165, 1.54) is 0 Å². The summed E-state index contributed by atoms with van der Waals surface area (Å²) in [4.78, 5) is 23.7. The molecule has 128 valence electrons. The topological polar surface area (TPSA) is 34.1 Å². The second kappa shape index (κ2) is 10.9. The molecule has 0 spiro atoms. The molecule has 0 radical (unpaired) electrons. The molecule has 0 saturated carbocycles. The Balaban J connectivity index is 1.56. The van der Waals surface area contributed by atoms with Crippen molar-refractivity contribution in [3.05, 3.63) is 96.1 Å². The first-order valence-corrected chi connectivity index (χ1v) is 8.79. The second-order valence-corrected chi connectivity index (χ2v) is 5.90. The van der Waals surface area contributed by atoms with Crippen LogP contribution >= 0.6 is 0 Å². The summed E-state index contributed by atoms with van der Waals surface area (Å²) in [5, 5.41) is 0. The lowest BCUT2D eigenvalue weighted by atomic mass is 10.1. The highest BCUT2D eigenvalue weighted by molar-refractivity contribution is 6.04. The molecule has 0 aliphatic carbocycles. The van der Waals surface area contributed by atoms with Gasteiger partial charge in [0.05, 0.1) is 0 Å². The van der Waals surface area contributed by atoms with Gasteiger partial charge in [-0.25, -0.2) is 0 Å². The zero-order valence-corrected chi connectivity index (χ0v) is 14.4. The third kappa shape index (κ3) is 7.13. The second-order valence-electron chi connectivity index (χ2n) is 5.90. The third-order valence-corrected chi connectivity index (χ3v) is 3.90. The fraction of sp³-hybridized carbons (Fsp3) is 0.217. The minimum Gasteiger partial charge on any atom is -0.289 e. The predicted octanol–water partition coefficient (Wildman–Crippen LogP) is 5.82. The number of hydrogen-bond acceptors (Lipinski definition) is 2. The van der Waals surface area contributed by atoms with Gasteiger partial charge in [-0.3, -0.25) is 9.59 Å². The standard InChI is InChI=1S/C23H24O2/c24-22(20-14-8-6-9-15-20)18-12-4-2-1-3-5-13-19-23(25)21-16-10-7-11-17-21/h6-19H,1-5H2/b18-12+,19-13+. The van der Waals surface area contributed by atoms with E-state index >= 15 is 0 Å². The number of hydrogen-bond donors (Lipinski definition) is 0. The average molecular weight is 332 g/mol. The van der Waals surface area contributed by atoms with Crippen LogP contribution < -0.4 is 0 Å². The number of allylic oxidation sites excluding steroid dienone is 4. The number of carbonyl (C=O) groups is 2. The Morgan fingerprint density at radius 2 is 1.00 bits per heavy atom. The lowest BCUT2D eigenvalue weighted by Gasteiger charge is -1.97. The molecule has 0 aliphatic heterocycles. The molecule has 0 atom stereocenters. The van der Waals surface area contributed by atoms with Crippen LogP contribution in [-0.2, 0) is 0 Å². The van der Waals surface area contributed by atoms with Gasteiger partial charge >= 0.3 is 0 Å². The molecule has 0 heterocycles. The third-order valence-electron chi connectivity index (χ3n) is 3.90. The Labute approximate surface area is 149 Å². The van der Waals surface area contributed by atoms with Crippen LogP contribution in [0.3, 0.4) is 0 Å². The largest absolute Gasteiger partial charge is 0.289 e. The number of ketones is 2. The SMILES string of the molecule is O=C(/C=C/CCCCC/C=C/C(=O)c1ccccc1)c1ccccc1. The number of benzene rings is 2. The molecular formula is C23H24O2. The van der Waals surface area contributed by atoms with Crippen molar-refractivity contribution >= 4 is 11.6 Å². The summed E-state index contributed by atoms with van der Waals surface area (Å²) in [6.45, 7) is 0. The average Bonchev–Trinajstić information content (AvgIpc) is 2.67. The number of rotatable bonds is 10. The van der Waals surface area contributed by atoms with Gasteiger partial charge < -0.3 is 0 Å². The van der Waals surface area contributed by atoms with Crippen molar-refractivity contribution in [3.63, 3.8) is 0 Å². The summed E-state index contributed by atoms with van der Waals surface area (Å²) in [5.74, 6) is 0.117. The first-order valence-electron chi connectivity index (χ1n) is 8.79. The van der Waals surface area contributed by atoms with Crippen molar-refractivity contribution in [2.45, 2.75) is 32.1 Å². The summed E-state index contributed by atoms with van der Waals surface area (Å²) >= 11 is 0. The number of carbonyl (C=O) groups excluding carboxylic acids is 2. The Morgan fingerprint density at radius 1 is 0.600 bits per heavy atom. The Bertz CT molecular complexity index is 649. The van der Waals surface area contributed by atoms with Gasteiger partial charge in [-0.15, -0.1) is 0 Å². The predicted molar refractivity (Wildman–Crippen MR) is 103 cm³/mol. The lowest BCUT2D eigenvalue weighted by Crippen LogP contribution is -1.93. The molecule has 25 heavy (non-hydrogen) atoms. The van der Waals surface area contributed by atoms with E-state index in [1.54, 1.807) is 12.2 Å². The maximum atomic E-state index is 11.9. The molecule has 2 aromatic carbocycles. The summed E-state index contributed by atoms with van der Waals surface area (Å²) < 4.78 is 0. The normalized spacial score (nSPS) is 11.2. The van der Waals surface area contributed by atoms with Crippen LogP contribution in [0.4, 0.5) is 0 Å². The van der Waals surface area contributed by atoms with E-state index in [-0.39, 0.29) is 11.6 Å². The molecule has 0 N–H and O–H groups in total. The monoisotopic (exact) mass is 332 g/mol. The Morgan fingerprint density at radius 3 is 1.40 bits per heavy atom. The van der Waals surface area contributed by atoms with Crippen LogP contribution in [0.15, 0.2) is 85.0 Å². The summed E-state index contributed by atoms with van der Waals surface area (Å²) in [5.41, 5.74) is 1.46. The highest BCUT2D eigenvalue weighted by atomic mass is 16.1. The summed E-state index contributed by atoms with van der Waals surface area (Å²) in [7, 11) is 0. The highest BCUT2D eigenvalue weighted by Crippen LogP contribution is 2.07. The fourth-order valence-electron chi connectivity index (χ4n) is 2.48. The van der Waals surface area contributed by atoms with E-state index in [2.05, 4.69) is 0 Å². The van der Waals surface area contributed by atoms with Gasteiger partial charge in [-0.1, -0.05) is 79.2 Å². The summed E-state index contributed by atoms with van der Waals surface area (Å²) in [6, 6.07) is 18.6. The molecule has 0 saturated heterocycles. The Hall–Kier alpha value is -2.74. The van der Waals surface area contributed by atoms with Crippen LogP contribution in [0.25, 0.3) is 0 Å². The fourth-order valence-corrected chi connectivity index (χ4v) is 2.48. The van der Waals surface area contributed by atoms with Gasteiger partial charge in [-0.05, 0) is 37.8 Å². The van der Waals surface area contributed by atoms with Crippen molar-refractivity contribution in [2.24, 2.45) is 0 Å². The first-order chi connectivity index (χ1) is 12.3. The molecular weight excluding hydrogens is 308 g/mol. The maximum Gasteiger partial charge on any atom is 0.185 e. The van der Waals surface area contributed by atoms with Gasteiger partial charge in [0.15, 0.2) is 11.6 Å². The molecule has 2 nitrogen and oxygen atoms in total. The van der Waals surface area contributed by atoms with Crippen LogP contribution in [0.2, 0.25) is 0 Å². The first kappa shape index (κ1) is 18.6. The van der Waals surface area contributed by atoms with Crippen molar-refractivity contribution in [3.8, 4) is 0 Å². The maximum absolute atomic E-state index is 11.9. The molecule has 2 heteroatoms. The van der Waals surface area contributed by atoms with E-state index in [9.17, 15) is 9.59 Å². The van der Waals surface area contributed by atoms with Gasteiger partial charge in [0.2, 0.25) is 0 Å². The van der Waals surface area contributed by atoms with Crippen molar-refractivity contribution in [1.29, 1.82) is 0 Å². The van der Waals surface area contributed by atoms with Gasteiger partial charge in [0.25, 0.3) is 0 Å². The van der Waals surface area contributed by atoms with Gasteiger partial charge in [-0.2, -0.15) is 0 Å². The molecule has 0 aromatic heterocycles. The lowest BCUT2D eigenvalue weighted by molar-refractivity contribution is 0.103. The van der Waals surface area contributed by atoms with Gasteiger partial charge in [0, 0.05) is 11.1 Å². The molecule has 2 rings (SSSR count).